The molecule has 4 aromatic rings. The largest absolute Gasteiger partial charge is 0.493 e. The minimum Gasteiger partial charge on any atom is -0.493 e. The summed E-state index contributed by atoms with van der Waals surface area (Å²) in [6, 6.07) is 9.67. The Bertz CT molecular complexity index is 1620. The van der Waals surface area contributed by atoms with Crippen molar-refractivity contribution in [1.82, 2.24) is 14.3 Å². The van der Waals surface area contributed by atoms with Gasteiger partial charge in [-0.1, -0.05) is 19.1 Å². The second-order valence-electron chi connectivity index (χ2n) is 11.2. The number of carbonyl (C=O) groups excluding carboxylic acids is 1. The molecule has 3 heterocycles. The number of esters is 1. The zero-order valence-corrected chi connectivity index (χ0v) is 24.9. The van der Waals surface area contributed by atoms with E-state index >= 15 is 4.39 Å². The van der Waals surface area contributed by atoms with Crippen molar-refractivity contribution in [2.45, 2.75) is 78.4 Å². The molecule has 0 amide bonds. The highest BCUT2D eigenvalue weighted by atomic mass is 19.1. The van der Waals surface area contributed by atoms with E-state index in [4.69, 9.17) is 19.3 Å². The van der Waals surface area contributed by atoms with Gasteiger partial charge in [-0.2, -0.15) is 5.10 Å². The van der Waals surface area contributed by atoms with Crippen molar-refractivity contribution in [2.75, 3.05) is 19.8 Å². The van der Waals surface area contributed by atoms with E-state index in [0.717, 1.165) is 64.9 Å². The van der Waals surface area contributed by atoms with Crippen molar-refractivity contribution < 1.29 is 23.4 Å². The van der Waals surface area contributed by atoms with Gasteiger partial charge in [0.2, 0.25) is 0 Å². The van der Waals surface area contributed by atoms with Crippen molar-refractivity contribution in [1.29, 1.82) is 0 Å². The van der Waals surface area contributed by atoms with Gasteiger partial charge >= 0.3 is 5.97 Å². The number of halogens is 1. The van der Waals surface area contributed by atoms with Crippen LogP contribution in [0.1, 0.15) is 78.1 Å². The Morgan fingerprint density at radius 1 is 1.10 bits per heavy atom. The van der Waals surface area contributed by atoms with E-state index in [0.29, 0.717) is 56.9 Å². The number of fused-ring (bicyclic) bond motifs is 3. The number of carbonyl (C=O) groups is 1. The van der Waals surface area contributed by atoms with Crippen LogP contribution in [-0.4, -0.2) is 40.1 Å². The van der Waals surface area contributed by atoms with Gasteiger partial charge in [-0.15, -0.1) is 0 Å². The monoisotopic (exact) mass is 573 g/mol. The summed E-state index contributed by atoms with van der Waals surface area (Å²) in [4.78, 5) is 13.6. The Balaban J connectivity index is 1.46. The Morgan fingerprint density at radius 2 is 1.98 bits per heavy atom. The molecule has 0 unspecified atom stereocenters. The zero-order valence-electron chi connectivity index (χ0n) is 24.9. The SMILES string of the molecule is CCOC(=O)c1c(CCCOc2cccc3c2CCC3)c2ccc(F)c3c2n1CCCCOCc1c-3c(CC)nn1C. The van der Waals surface area contributed by atoms with Crippen LogP contribution in [-0.2, 0) is 55.4 Å². The lowest BCUT2D eigenvalue weighted by Crippen LogP contribution is -2.15. The second kappa shape index (κ2) is 12.3. The van der Waals surface area contributed by atoms with Crippen molar-refractivity contribution in [2.24, 2.45) is 7.05 Å². The molecule has 1 aliphatic heterocycles. The Kier molecular flexibility index (Phi) is 8.34. The topological polar surface area (TPSA) is 67.5 Å². The lowest BCUT2D eigenvalue weighted by atomic mass is 9.96. The number of benzene rings is 2. The average Bonchev–Trinajstić information content (AvgIpc) is 3.67. The van der Waals surface area contributed by atoms with Crippen LogP contribution in [0.3, 0.4) is 0 Å². The third-order valence-electron chi connectivity index (χ3n) is 8.66. The highest BCUT2D eigenvalue weighted by molar-refractivity contribution is 6.05. The van der Waals surface area contributed by atoms with Crippen molar-refractivity contribution >= 4 is 16.9 Å². The highest BCUT2D eigenvalue weighted by Crippen LogP contribution is 2.41. The first-order valence-corrected chi connectivity index (χ1v) is 15.4. The molecule has 0 saturated carbocycles. The smallest absolute Gasteiger partial charge is 0.355 e. The molecule has 1 aliphatic carbocycles. The standard InChI is InChI=1S/C34H40FN3O4/c1-4-27-31-28(37(3)36-27)21-40-19-7-6-18-38-32-25(16-17-26(35)30(31)32)24(33(38)34(39)41-5-2)14-10-20-42-29-15-9-12-22-11-8-13-23(22)29/h9,12,15-17H,4-8,10-11,13-14,18-21H2,1-3H3. The Morgan fingerprint density at radius 3 is 2.81 bits per heavy atom. The highest BCUT2D eigenvalue weighted by Gasteiger charge is 2.30. The number of aryl methyl sites for hydroxylation is 5. The number of aromatic nitrogens is 3. The van der Waals surface area contributed by atoms with Crippen LogP contribution in [0.25, 0.3) is 22.0 Å². The van der Waals surface area contributed by atoms with E-state index in [2.05, 4.69) is 18.2 Å². The molecular formula is C34H40FN3O4. The van der Waals surface area contributed by atoms with E-state index in [9.17, 15) is 4.79 Å². The molecule has 2 aliphatic rings. The van der Waals surface area contributed by atoms with Gasteiger partial charge in [0.05, 0.1) is 36.7 Å². The van der Waals surface area contributed by atoms with Gasteiger partial charge in [-0.25, -0.2) is 9.18 Å². The van der Waals surface area contributed by atoms with Crippen molar-refractivity contribution in [3.63, 3.8) is 0 Å². The summed E-state index contributed by atoms with van der Waals surface area (Å²) >= 11 is 0. The molecule has 2 aromatic heterocycles. The van der Waals surface area contributed by atoms with E-state index < -0.39 is 0 Å². The van der Waals surface area contributed by atoms with Gasteiger partial charge in [-0.3, -0.25) is 4.68 Å². The molecule has 0 bridgehead atoms. The van der Waals surface area contributed by atoms with Gasteiger partial charge in [-0.05, 0) is 93.2 Å². The molecule has 0 saturated heterocycles. The normalized spacial score (nSPS) is 14.9. The Labute approximate surface area is 246 Å². The van der Waals surface area contributed by atoms with Crippen LogP contribution in [0.15, 0.2) is 30.3 Å². The van der Waals surface area contributed by atoms with Crippen LogP contribution in [0.4, 0.5) is 4.39 Å². The van der Waals surface area contributed by atoms with Gasteiger partial charge in [0.25, 0.3) is 0 Å². The van der Waals surface area contributed by atoms with Crippen LogP contribution in [0.2, 0.25) is 0 Å². The third-order valence-corrected chi connectivity index (χ3v) is 8.66. The summed E-state index contributed by atoms with van der Waals surface area (Å²) < 4.78 is 37.8. The summed E-state index contributed by atoms with van der Waals surface area (Å²) in [5, 5.41) is 5.62. The maximum absolute atomic E-state index is 16.1. The van der Waals surface area contributed by atoms with Crippen molar-refractivity contribution in [3.8, 4) is 16.9 Å². The molecule has 8 heteroatoms. The lowest BCUT2D eigenvalue weighted by Gasteiger charge is -2.14. The fourth-order valence-corrected chi connectivity index (χ4v) is 6.76. The Hall–Kier alpha value is -3.65. The lowest BCUT2D eigenvalue weighted by molar-refractivity contribution is 0.0512. The van der Waals surface area contributed by atoms with E-state index in [-0.39, 0.29) is 18.4 Å². The summed E-state index contributed by atoms with van der Waals surface area (Å²) in [6.07, 6.45) is 6.93. The predicted molar refractivity (Wildman–Crippen MR) is 161 cm³/mol. The van der Waals surface area contributed by atoms with Gasteiger partial charge in [0, 0.05) is 36.7 Å². The fraction of sp³-hybridized carbons (Fsp3) is 0.471. The van der Waals surface area contributed by atoms with Crippen LogP contribution in [0.5, 0.6) is 5.75 Å². The molecule has 0 fully saturated rings. The summed E-state index contributed by atoms with van der Waals surface area (Å²) in [5.74, 6) is 0.271. The first-order valence-electron chi connectivity index (χ1n) is 15.4. The zero-order chi connectivity index (χ0) is 29.2. The molecule has 0 spiro atoms. The second-order valence-corrected chi connectivity index (χ2v) is 11.2. The first kappa shape index (κ1) is 28.5. The number of ether oxygens (including phenoxy) is 3. The first-order chi connectivity index (χ1) is 20.5. The molecule has 0 atom stereocenters. The minimum absolute atomic E-state index is 0.268. The summed E-state index contributed by atoms with van der Waals surface area (Å²) in [5.41, 5.74) is 7.78. The van der Waals surface area contributed by atoms with Crippen LogP contribution in [0, 0.1) is 5.82 Å². The van der Waals surface area contributed by atoms with Crippen molar-refractivity contribution in [3.05, 3.63) is 69.9 Å². The number of hydrogen-bond acceptors (Lipinski definition) is 5. The van der Waals surface area contributed by atoms with E-state index in [1.165, 1.54) is 23.6 Å². The molecule has 6 rings (SSSR count). The molecule has 0 radical (unpaired) electrons. The molecular weight excluding hydrogens is 533 g/mol. The van der Waals surface area contributed by atoms with Gasteiger partial charge < -0.3 is 18.8 Å². The maximum atomic E-state index is 16.1. The third kappa shape index (κ3) is 5.10. The van der Waals surface area contributed by atoms with Crippen LogP contribution < -0.4 is 4.74 Å². The summed E-state index contributed by atoms with van der Waals surface area (Å²) in [6.45, 7) is 6.15. The van der Waals surface area contributed by atoms with E-state index in [1.54, 1.807) is 0 Å². The average molecular weight is 574 g/mol. The van der Waals surface area contributed by atoms with E-state index in [1.807, 2.05) is 36.2 Å². The quantitative estimate of drug-likeness (QED) is 0.173. The summed E-state index contributed by atoms with van der Waals surface area (Å²) in [7, 11) is 1.88. The minimum atomic E-state index is -0.370. The predicted octanol–water partition coefficient (Wildman–Crippen LogP) is 6.73. The molecule has 222 valence electrons. The maximum Gasteiger partial charge on any atom is 0.355 e. The van der Waals surface area contributed by atoms with Gasteiger partial charge in [0.1, 0.15) is 17.3 Å². The molecule has 7 nitrogen and oxygen atoms in total. The number of nitrogens with zero attached hydrogens (tertiary/aromatic N) is 3. The van der Waals surface area contributed by atoms with Crippen LogP contribution >= 0.6 is 0 Å². The fourth-order valence-electron chi connectivity index (χ4n) is 6.76. The number of hydrogen-bond donors (Lipinski definition) is 0. The molecule has 0 N–H and O–H groups in total. The van der Waals surface area contributed by atoms with Gasteiger partial charge in [0.15, 0.2) is 0 Å². The number of rotatable bonds is 8. The molecule has 2 aromatic carbocycles. The molecule has 42 heavy (non-hydrogen) atoms.